The molecule has 1 fully saturated rings. The molecule has 128 valence electrons. The van der Waals surface area contributed by atoms with Crippen LogP contribution >= 0.6 is 0 Å². The van der Waals surface area contributed by atoms with Crippen molar-refractivity contribution < 1.29 is 0 Å². The van der Waals surface area contributed by atoms with E-state index >= 15 is 0 Å². The van der Waals surface area contributed by atoms with Gasteiger partial charge in [-0.05, 0) is 39.3 Å². The molecular weight excluding hydrogens is 310 g/mol. The lowest BCUT2D eigenvalue weighted by molar-refractivity contribution is 0.315. The van der Waals surface area contributed by atoms with Gasteiger partial charge in [0.1, 0.15) is 5.82 Å². The Hall–Kier alpha value is -2.53. The Balaban J connectivity index is 1.62. The second kappa shape index (κ2) is 6.76. The van der Waals surface area contributed by atoms with Crippen LogP contribution < -0.4 is 5.32 Å². The Kier molecular flexibility index (Phi) is 4.32. The molecule has 1 aliphatic heterocycles. The molecule has 3 heterocycles. The van der Waals surface area contributed by atoms with Crippen LogP contribution in [-0.4, -0.2) is 32.1 Å². The van der Waals surface area contributed by atoms with Crippen LogP contribution in [0.5, 0.6) is 0 Å². The number of hydrogen-bond acceptors (Lipinski definition) is 4. The van der Waals surface area contributed by atoms with Crippen LogP contribution in [0.25, 0.3) is 22.8 Å². The van der Waals surface area contributed by atoms with Gasteiger partial charge >= 0.3 is 0 Å². The van der Waals surface area contributed by atoms with E-state index in [9.17, 15) is 0 Å². The van der Waals surface area contributed by atoms with Crippen LogP contribution in [-0.2, 0) is 0 Å². The predicted molar refractivity (Wildman–Crippen MR) is 99.2 cm³/mol. The summed E-state index contributed by atoms with van der Waals surface area (Å²) in [4.78, 5) is 13.7. The molecule has 0 radical (unpaired) electrons. The van der Waals surface area contributed by atoms with E-state index in [2.05, 4.69) is 57.0 Å². The molecule has 1 aliphatic rings. The lowest BCUT2D eigenvalue weighted by Crippen LogP contribution is -2.36. The lowest BCUT2D eigenvalue weighted by Gasteiger charge is -2.30. The fourth-order valence-electron chi connectivity index (χ4n) is 3.57. The normalized spacial score (nSPS) is 20.6. The van der Waals surface area contributed by atoms with Crippen LogP contribution in [0.3, 0.4) is 0 Å². The Morgan fingerprint density at radius 2 is 1.96 bits per heavy atom. The third kappa shape index (κ3) is 3.33. The van der Waals surface area contributed by atoms with Crippen molar-refractivity contribution >= 4 is 0 Å². The van der Waals surface area contributed by atoms with Crippen LogP contribution in [0.15, 0.2) is 49.1 Å². The SMILES string of the molecule is Cc1cccc(-c2ncc(-c3nccn3[C@@H]3CCN[C@@H](C)C3)cn2)c1. The van der Waals surface area contributed by atoms with Crippen LogP contribution in [0.1, 0.15) is 31.4 Å². The van der Waals surface area contributed by atoms with Gasteiger partial charge in [0.05, 0.1) is 5.56 Å². The molecular formula is C20H23N5. The quantitative estimate of drug-likeness (QED) is 0.795. The molecule has 4 rings (SSSR count). The first kappa shape index (κ1) is 16.0. The summed E-state index contributed by atoms with van der Waals surface area (Å²) in [6.45, 7) is 5.36. The first-order valence-corrected chi connectivity index (χ1v) is 8.86. The van der Waals surface area contributed by atoms with Crippen LogP contribution in [0.4, 0.5) is 0 Å². The molecule has 0 aliphatic carbocycles. The summed E-state index contributed by atoms with van der Waals surface area (Å²) in [5.74, 6) is 1.70. The molecule has 5 nitrogen and oxygen atoms in total. The number of rotatable bonds is 3. The second-order valence-electron chi connectivity index (χ2n) is 6.86. The van der Waals surface area contributed by atoms with Gasteiger partial charge < -0.3 is 9.88 Å². The summed E-state index contributed by atoms with van der Waals surface area (Å²) in [7, 11) is 0. The minimum absolute atomic E-state index is 0.477. The van der Waals surface area contributed by atoms with Crippen LogP contribution in [0, 0.1) is 6.92 Å². The molecule has 2 atom stereocenters. The topological polar surface area (TPSA) is 55.6 Å². The molecule has 0 saturated carbocycles. The summed E-state index contributed by atoms with van der Waals surface area (Å²) in [6.07, 6.45) is 9.95. The van der Waals surface area contributed by atoms with E-state index in [-0.39, 0.29) is 0 Å². The Morgan fingerprint density at radius 3 is 2.72 bits per heavy atom. The monoisotopic (exact) mass is 333 g/mol. The van der Waals surface area contributed by atoms with Gasteiger partial charge in [-0.1, -0.05) is 23.8 Å². The minimum Gasteiger partial charge on any atom is -0.328 e. The standard InChI is InChI=1S/C20H23N5/c1-14-4-3-5-16(10-14)19-23-12-17(13-24-19)20-22-8-9-25(20)18-6-7-21-15(2)11-18/h3-5,8-10,12-13,15,18,21H,6-7,11H2,1-2H3/t15-,18+/m0/s1. The van der Waals surface area contributed by atoms with E-state index in [1.807, 2.05) is 30.7 Å². The smallest absolute Gasteiger partial charge is 0.159 e. The van der Waals surface area contributed by atoms with Crippen molar-refractivity contribution in [3.05, 3.63) is 54.6 Å². The Morgan fingerprint density at radius 1 is 1.12 bits per heavy atom. The van der Waals surface area contributed by atoms with Gasteiger partial charge in [0, 0.05) is 42.4 Å². The Bertz CT molecular complexity index is 853. The maximum absolute atomic E-state index is 4.57. The number of hydrogen-bond donors (Lipinski definition) is 1. The number of piperidine rings is 1. The first-order chi connectivity index (χ1) is 12.2. The van der Waals surface area contributed by atoms with Crippen molar-refractivity contribution in [3.8, 4) is 22.8 Å². The predicted octanol–water partition coefficient (Wildman–Crippen LogP) is 3.63. The summed E-state index contributed by atoms with van der Waals surface area (Å²) in [6, 6.07) is 9.27. The highest BCUT2D eigenvalue weighted by Gasteiger charge is 2.22. The van der Waals surface area contributed by atoms with E-state index in [0.29, 0.717) is 12.1 Å². The highest BCUT2D eigenvalue weighted by molar-refractivity contribution is 5.59. The van der Waals surface area contributed by atoms with Gasteiger partial charge in [-0.2, -0.15) is 0 Å². The van der Waals surface area contributed by atoms with Crippen molar-refractivity contribution in [2.75, 3.05) is 6.54 Å². The van der Waals surface area contributed by atoms with Gasteiger partial charge in [-0.3, -0.25) is 0 Å². The van der Waals surface area contributed by atoms with Gasteiger partial charge in [0.2, 0.25) is 0 Å². The highest BCUT2D eigenvalue weighted by atomic mass is 15.1. The highest BCUT2D eigenvalue weighted by Crippen LogP contribution is 2.28. The first-order valence-electron chi connectivity index (χ1n) is 8.86. The third-order valence-electron chi connectivity index (χ3n) is 4.84. The van der Waals surface area contributed by atoms with E-state index in [4.69, 9.17) is 0 Å². The van der Waals surface area contributed by atoms with E-state index < -0.39 is 0 Å². The largest absolute Gasteiger partial charge is 0.328 e. The number of benzene rings is 1. The number of imidazole rings is 1. The molecule has 0 unspecified atom stereocenters. The Labute approximate surface area is 148 Å². The molecule has 0 bridgehead atoms. The van der Waals surface area contributed by atoms with Crippen molar-refractivity contribution in [3.63, 3.8) is 0 Å². The van der Waals surface area contributed by atoms with Crippen molar-refractivity contribution in [1.29, 1.82) is 0 Å². The number of aryl methyl sites for hydroxylation is 1. The summed E-state index contributed by atoms with van der Waals surface area (Å²) >= 11 is 0. The van der Waals surface area contributed by atoms with Gasteiger partial charge in [0.15, 0.2) is 5.82 Å². The molecule has 25 heavy (non-hydrogen) atoms. The van der Waals surface area contributed by atoms with Crippen molar-refractivity contribution in [2.24, 2.45) is 0 Å². The van der Waals surface area contributed by atoms with E-state index in [0.717, 1.165) is 42.2 Å². The molecule has 1 aromatic carbocycles. The third-order valence-corrected chi connectivity index (χ3v) is 4.84. The molecule has 1 N–H and O–H groups in total. The fraction of sp³-hybridized carbons (Fsp3) is 0.350. The second-order valence-corrected chi connectivity index (χ2v) is 6.86. The molecule has 1 saturated heterocycles. The zero-order valence-electron chi connectivity index (χ0n) is 14.7. The zero-order valence-corrected chi connectivity index (χ0v) is 14.7. The van der Waals surface area contributed by atoms with E-state index in [1.54, 1.807) is 0 Å². The molecule has 3 aromatic rings. The molecule has 0 spiro atoms. The molecule has 2 aromatic heterocycles. The summed E-state index contributed by atoms with van der Waals surface area (Å²) < 4.78 is 2.28. The van der Waals surface area contributed by atoms with E-state index in [1.165, 1.54) is 5.56 Å². The molecule has 0 amide bonds. The van der Waals surface area contributed by atoms with Gasteiger partial charge in [0.25, 0.3) is 0 Å². The van der Waals surface area contributed by atoms with Gasteiger partial charge in [-0.25, -0.2) is 15.0 Å². The number of nitrogens with one attached hydrogen (secondary N) is 1. The number of nitrogens with zero attached hydrogens (tertiary/aromatic N) is 4. The average Bonchev–Trinajstić information content (AvgIpc) is 3.12. The minimum atomic E-state index is 0.477. The average molecular weight is 333 g/mol. The zero-order chi connectivity index (χ0) is 17.2. The van der Waals surface area contributed by atoms with Gasteiger partial charge in [-0.15, -0.1) is 0 Å². The van der Waals surface area contributed by atoms with Crippen molar-refractivity contribution in [2.45, 2.75) is 38.8 Å². The lowest BCUT2D eigenvalue weighted by atomic mass is 10.00. The maximum atomic E-state index is 4.57. The number of aromatic nitrogens is 4. The van der Waals surface area contributed by atoms with Crippen molar-refractivity contribution in [1.82, 2.24) is 24.8 Å². The summed E-state index contributed by atoms with van der Waals surface area (Å²) in [5, 5.41) is 3.50. The fourth-order valence-corrected chi connectivity index (χ4v) is 3.57. The molecule has 5 heteroatoms. The summed E-state index contributed by atoms with van der Waals surface area (Å²) in [5.41, 5.74) is 3.22. The van der Waals surface area contributed by atoms with Crippen LogP contribution in [0.2, 0.25) is 0 Å². The maximum Gasteiger partial charge on any atom is 0.159 e.